The fourth-order valence-electron chi connectivity index (χ4n) is 2.90. The summed E-state index contributed by atoms with van der Waals surface area (Å²) in [5.41, 5.74) is 14.5. The summed E-state index contributed by atoms with van der Waals surface area (Å²) in [6, 6.07) is 9.11. The first-order valence-corrected chi connectivity index (χ1v) is 6.84. The summed E-state index contributed by atoms with van der Waals surface area (Å²) in [5.74, 6) is 0.755. The number of aryl methyl sites for hydroxylation is 1. The smallest absolute Gasteiger partial charge is 0.0163 e. The van der Waals surface area contributed by atoms with Gasteiger partial charge < -0.3 is 11.5 Å². The van der Waals surface area contributed by atoms with E-state index in [4.69, 9.17) is 11.5 Å². The van der Waals surface area contributed by atoms with Gasteiger partial charge in [0.1, 0.15) is 0 Å². The second-order valence-corrected chi connectivity index (χ2v) is 5.21. The van der Waals surface area contributed by atoms with E-state index in [1.807, 2.05) is 0 Å². The van der Waals surface area contributed by atoms with E-state index in [1.165, 1.54) is 32.1 Å². The monoisotopic (exact) mass is 232 g/mol. The third-order valence-electron chi connectivity index (χ3n) is 3.92. The van der Waals surface area contributed by atoms with Crippen LogP contribution in [0.2, 0.25) is 0 Å². The molecule has 0 fully saturated rings. The molecule has 0 amide bonds. The highest BCUT2D eigenvalue weighted by molar-refractivity contribution is 5.32. The van der Waals surface area contributed by atoms with E-state index in [0.29, 0.717) is 6.54 Å². The van der Waals surface area contributed by atoms with Gasteiger partial charge in [0, 0.05) is 12.6 Å². The molecule has 1 aliphatic carbocycles. The molecule has 94 valence electrons. The van der Waals surface area contributed by atoms with Gasteiger partial charge in [-0.3, -0.25) is 0 Å². The molecule has 1 aromatic carbocycles. The van der Waals surface area contributed by atoms with Gasteiger partial charge in [-0.15, -0.1) is 0 Å². The summed E-state index contributed by atoms with van der Waals surface area (Å²) >= 11 is 0. The molecule has 2 rings (SSSR count). The molecule has 0 heterocycles. The Kier molecular flexibility index (Phi) is 4.57. The highest BCUT2D eigenvalue weighted by atomic mass is 14.7. The average molecular weight is 232 g/mol. The predicted molar refractivity (Wildman–Crippen MR) is 73.0 cm³/mol. The highest BCUT2D eigenvalue weighted by Gasteiger charge is 2.19. The maximum absolute atomic E-state index is 5.86. The molecular formula is C15H24N2. The van der Waals surface area contributed by atoms with Crippen LogP contribution in [0.25, 0.3) is 0 Å². The van der Waals surface area contributed by atoms with Crippen LogP contribution >= 0.6 is 0 Å². The first-order valence-electron chi connectivity index (χ1n) is 6.84. The zero-order valence-electron chi connectivity index (χ0n) is 10.6. The molecule has 2 unspecified atom stereocenters. The van der Waals surface area contributed by atoms with Crippen molar-refractivity contribution in [2.75, 3.05) is 6.54 Å². The number of fused-ring (bicyclic) bond motifs is 1. The molecular weight excluding hydrogens is 208 g/mol. The Morgan fingerprint density at radius 3 is 2.94 bits per heavy atom. The molecule has 0 bridgehead atoms. The van der Waals surface area contributed by atoms with Gasteiger partial charge in [-0.25, -0.2) is 0 Å². The van der Waals surface area contributed by atoms with Crippen molar-refractivity contribution in [3.05, 3.63) is 35.4 Å². The van der Waals surface area contributed by atoms with Crippen molar-refractivity contribution in [1.82, 2.24) is 0 Å². The van der Waals surface area contributed by atoms with E-state index >= 15 is 0 Å². The van der Waals surface area contributed by atoms with Crippen LogP contribution in [0.5, 0.6) is 0 Å². The van der Waals surface area contributed by atoms with Gasteiger partial charge >= 0.3 is 0 Å². The lowest BCUT2D eigenvalue weighted by Gasteiger charge is -2.25. The standard InChI is InChI=1S/C15H24N2/c16-11-14(17)9-4-8-13-7-3-6-12-5-1-2-10-15(12)13/h1-2,5,10,13-14H,3-4,6-9,11,16-17H2. The van der Waals surface area contributed by atoms with Crippen LogP contribution in [-0.4, -0.2) is 12.6 Å². The molecule has 0 radical (unpaired) electrons. The summed E-state index contributed by atoms with van der Waals surface area (Å²) in [7, 11) is 0. The van der Waals surface area contributed by atoms with Crippen molar-refractivity contribution in [2.24, 2.45) is 11.5 Å². The third-order valence-corrected chi connectivity index (χ3v) is 3.92. The van der Waals surface area contributed by atoms with Gasteiger partial charge in [0.05, 0.1) is 0 Å². The van der Waals surface area contributed by atoms with E-state index < -0.39 is 0 Å². The Balaban J connectivity index is 1.90. The summed E-state index contributed by atoms with van der Waals surface area (Å²) in [5, 5.41) is 0. The normalized spacial score (nSPS) is 20.9. The van der Waals surface area contributed by atoms with Gasteiger partial charge in [-0.1, -0.05) is 30.7 Å². The van der Waals surface area contributed by atoms with Crippen LogP contribution in [0.15, 0.2) is 24.3 Å². The Morgan fingerprint density at radius 1 is 1.29 bits per heavy atom. The van der Waals surface area contributed by atoms with Gasteiger partial charge in [-0.2, -0.15) is 0 Å². The average Bonchev–Trinajstić information content (AvgIpc) is 2.39. The maximum Gasteiger partial charge on any atom is 0.0163 e. The molecule has 0 spiro atoms. The predicted octanol–water partition coefficient (Wildman–Crippen LogP) is 2.56. The SMILES string of the molecule is NCC(N)CCCC1CCCc2ccccc21. The van der Waals surface area contributed by atoms with E-state index in [0.717, 1.165) is 12.3 Å². The van der Waals surface area contributed by atoms with Gasteiger partial charge in [-0.05, 0) is 49.1 Å². The summed E-state index contributed by atoms with van der Waals surface area (Å²) in [4.78, 5) is 0. The fraction of sp³-hybridized carbons (Fsp3) is 0.600. The summed E-state index contributed by atoms with van der Waals surface area (Å²) in [6.45, 7) is 0.612. The van der Waals surface area contributed by atoms with Crippen molar-refractivity contribution < 1.29 is 0 Å². The quantitative estimate of drug-likeness (QED) is 0.819. The van der Waals surface area contributed by atoms with Crippen LogP contribution in [0.3, 0.4) is 0 Å². The highest BCUT2D eigenvalue weighted by Crippen LogP contribution is 2.34. The van der Waals surface area contributed by atoms with Crippen LogP contribution in [0, 0.1) is 0 Å². The first-order chi connectivity index (χ1) is 8.31. The lowest BCUT2D eigenvalue weighted by atomic mass is 9.80. The molecule has 17 heavy (non-hydrogen) atoms. The molecule has 1 aromatic rings. The Hall–Kier alpha value is -0.860. The molecule has 2 atom stereocenters. The molecule has 0 saturated heterocycles. The van der Waals surface area contributed by atoms with Crippen molar-refractivity contribution in [3.8, 4) is 0 Å². The van der Waals surface area contributed by atoms with Gasteiger partial charge in [0.15, 0.2) is 0 Å². The topological polar surface area (TPSA) is 52.0 Å². The number of rotatable bonds is 5. The first kappa shape index (κ1) is 12.6. The molecule has 2 heteroatoms. The summed E-state index contributed by atoms with van der Waals surface area (Å²) < 4.78 is 0. The molecule has 2 nitrogen and oxygen atoms in total. The molecule has 0 saturated carbocycles. The molecule has 0 aromatic heterocycles. The largest absolute Gasteiger partial charge is 0.329 e. The lowest BCUT2D eigenvalue weighted by Crippen LogP contribution is -2.29. The Morgan fingerprint density at radius 2 is 2.12 bits per heavy atom. The summed E-state index contributed by atoms with van der Waals surface area (Å²) in [6.07, 6.45) is 7.48. The van der Waals surface area contributed by atoms with Crippen molar-refractivity contribution in [1.29, 1.82) is 0 Å². The Bertz CT molecular complexity index is 349. The number of benzene rings is 1. The molecule has 4 N–H and O–H groups in total. The van der Waals surface area contributed by atoms with E-state index in [9.17, 15) is 0 Å². The van der Waals surface area contributed by atoms with Gasteiger partial charge in [0.2, 0.25) is 0 Å². The lowest BCUT2D eigenvalue weighted by molar-refractivity contribution is 0.475. The van der Waals surface area contributed by atoms with Crippen LogP contribution in [0.4, 0.5) is 0 Å². The maximum atomic E-state index is 5.86. The fourth-order valence-corrected chi connectivity index (χ4v) is 2.90. The number of hydrogen-bond acceptors (Lipinski definition) is 2. The minimum absolute atomic E-state index is 0.189. The molecule has 0 aliphatic heterocycles. The van der Waals surface area contributed by atoms with Crippen molar-refractivity contribution >= 4 is 0 Å². The second-order valence-electron chi connectivity index (χ2n) is 5.21. The second kappa shape index (κ2) is 6.18. The number of hydrogen-bond donors (Lipinski definition) is 2. The zero-order valence-corrected chi connectivity index (χ0v) is 10.6. The van der Waals surface area contributed by atoms with Crippen molar-refractivity contribution in [2.45, 2.75) is 50.5 Å². The van der Waals surface area contributed by atoms with E-state index in [2.05, 4.69) is 24.3 Å². The third kappa shape index (κ3) is 3.30. The number of nitrogens with two attached hydrogens (primary N) is 2. The van der Waals surface area contributed by atoms with Gasteiger partial charge in [0.25, 0.3) is 0 Å². The Labute approximate surface area is 104 Å². The van der Waals surface area contributed by atoms with Crippen LogP contribution < -0.4 is 11.5 Å². The minimum atomic E-state index is 0.189. The minimum Gasteiger partial charge on any atom is -0.329 e. The molecule has 1 aliphatic rings. The van der Waals surface area contributed by atoms with Crippen LogP contribution in [0.1, 0.15) is 49.1 Å². The zero-order chi connectivity index (χ0) is 12.1. The van der Waals surface area contributed by atoms with Crippen LogP contribution in [-0.2, 0) is 6.42 Å². The van der Waals surface area contributed by atoms with E-state index in [-0.39, 0.29) is 6.04 Å². The van der Waals surface area contributed by atoms with Crippen molar-refractivity contribution in [3.63, 3.8) is 0 Å². The van der Waals surface area contributed by atoms with E-state index in [1.54, 1.807) is 11.1 Å².